The Bertz CT molecular complexity index is 1540. The van der Waals surface area contributed by atoms with E-state index in [0.717, 1.165) is 4.90 Å². The van der Waals surface area contributed by atoms with Crippen LogP contribution < -0.4 is 11.1 Å². The Balaban J connectivity index is 1.36. The first kappa shape index (κ1) is 28.7. The van der Waals surface area contributed by atoms with Gasteiger partial charge in [-0.15, -0.1) is 0 Å². The Kier molecular flexibility index (Phi) is 8.10. The summed E-state index contributed by atoms with van der Waals surface area (Å²) in [5, 5.41) is 3.06. The summed E-state index contributed by atoms with van der Waals surface area (Å²) in [4.78, 5) is 54.7. The Morgan fingerprint density at radius 3 is 2.63 bits per heavy atom. The van der Waals surface area contributed by atoms with Gasteiger partial charge in [-0.3, -0.25) is 19.2 Å². The predicted molar refractivity (Wildman–Crippen MR) is 149 cm³/mol. The molecule has 2 saturated heterocycles. The molecule has 1 unspecified atom stereocenters. The average Bonchev–Trinajstić information content (AvgIpc) is 3.65. The van der Waals surface area contributed by atoms with E-state index in [0.29, 0.717) is 41.5 Å². The molecule has 0 aliphatic carbocycles. The second-order valence-corrected chi connectivity index (χ2v) is 11.0. The van der Waals surface area contributed by atoms with Crippen molar-refractivity contribution in [3.05, 3.63) is 70.1 Å². The number of halogens is 3. The maximum Gasteiger partial charge on any atom is 0.253 e. The van der Waals surface area contributed by atoms with Gasteiger partial charge in [-0.25, -0.2) is 8.78 Å². The van der Waals surface area contributed by atoms with Crippen LogP contribution in [-0.4, -0.2) is 75.8 Å². The summed E-state index contributed by atoms with van der Waals surface area (Å²) in [7, 11) is 0. The van der Waals surface area contributed by atoms with Crippen molar-refractivity contribution in [3.8, 4) is 0 Å². The van der Waals surface area contributed by atoms with E-state index in [1.54, 1.807) is 33.7 Å². The SMILES string of the molecule is CC(=O)c1cn(CC(=O)N2C[C@H](F)C[C@H]2C(=O)NCc2cccc(Cl)c2F)c2cc(C(=O)N3CCC(N)C3)ccc12. The lowest BCUT2D eigenvalue weighted by Crippen LogP contribution is -2.46. The van der Waals surface area contributed by atoms with Crippen LogP contribution in [0.4, 0.5) is 8.78 Å². The minimum atomic E-state index is -1.41. The van der Waals surface area contributed by atoms with Crippen LogP contribution in [-0.2, 0) is 22.7 Å². The van der Waals surface area contributed by atoms with E-state index in [2.05, 4.69) is 5.32 Å². The topological polar surface area (TPSA) is 118 Å². The van der Waals surface area contributed by atoms with Crippen molar-refractivity contribution in [3.63, 3.8) is 0 Å². The van der Waals surface area contributed by atoms with Gasteiger partial charge in [-0.2, -0.15) is 0 Å². The molecule has 41 heavy (non-hydrogen) atoms. The van der Waals surface area contributed by atoms with Crippen molar-refractivity contribution in [2.75, 3.05) is 19.6 Å². The number of alkyl halides is 1. The standard InChI is InChI=1S/C29H30ClF2N5O4/c1-16(38)22-14-36(24-9-17(5-6-21(22)24)29(41)35-8-7-20(33)13-35)15-26(39)37-12-19(31)10-25(37)28(40)34-11-18-3-2-4-23(30)27(18)32/h2-6,9,14,19-20,25H,7-8,10-13,15,33H2,1H3,(H,34,40)/t19-,20?,25+/m1/s1. The van der Waals surface area contributed by atoms with Gasteiger partial charge in [0, 0.05) is 60.4 Å². The van der Waals surface area contributed by atoms with Crippen molar-refractivity contribution >= 4 is 46.0 Å². The number of amides is 3. The monoisotopic (exact) mass is 585 g/mol. The zero-order chi connectivity index (χ0) is 29.4. The first-order valence-electron chi connectivity index (χ1n) is 13.4. The molecule has 5 rings (SSSR count). The fourth-order valence-electron chi connectivity index (χ4n) is 5.52. The highest BCUT2D eigenvalue weighted by Gasteiger charge is 2.40. The normalized spacial score (nSPS) is 20.6. The minimum absolute atomic E-state index is 0.0806. The van der Waals surface area contributed by atoms with E-state index in [1.165, 1.54) is 25.3 Å². The van der Waals surface area contributed by atoms with Crippen LogP contribution >= 0.6 is 11.6 Å². The maximum atomic E-state index is 14.5. The summed E-state index contributed by atoms with van der Waals surface area (Å²) in [6.45, 7) is 1.66. The number of carbonyl (C=O) groups is 4. The quantitative estimate of drug-likeness (QED) is 0.413. The van der Waals surface area contributed by atoms with Gasteiger partial charge in [0.2, 0.25) is 11.8 Å². The zero-order valence-corrected chi connectivity index (χ0v) is 23.2. The molecular weight excluding hydrogens is 556 g/mol. The fourth-order valence-corrected chi connectivity index (χ4v) is 5.72. The van der Waals surface area contributed by atoms with Crippen LogP contribution in [0.15, 0.2) is 42.6 Å². The highest BCUT2D eigenvalue weighted by atomic mass is 35.5. The van der Waals surface area contributed by atoms with Crippen LogP contribution in [0.3, 0.4) is 0 Å². The van der Waals surface area contributed by atoms with E-state index >= 15 is 0 Å². The lowest BCUT2D eigenvalue weighted by atomic mass is 10.1. The van der Waals surface area contributed by atoms with Gasteiger partial charge in [-0.05, 0) is 31.5 Å². The van der Waals surface area contributed by atoms with E-state index in [1.807, 2.05) is 0 Å². The molecule has 0 saturated carbocycles. The highest BCUT2D eigenvalue weighted by Crippen LogP contribution is 2.27. The number of benzene rings is 2. The van der Waals surface area contributed by atoms with Gasteiger partial charge in [0.05, 0.1) is 17.1 Å². The van der Waals surface area contributed by atoms with Crippen LogP contribution in [0.5, 0.6) is 0 Å². The number of hydrogen-bond acceptors (Lipinski definition) is 5. The molecule has 0 radical (unpaired) electrons. The van der Waals surface area contributed by atoms with Crippen LogP contribution in [0, 0.1) is 5.82 Å². The average molecular weight is 586 g/mol. The summed E-state index contributed by atoms with van der Waals surface area (Å²) in [6, 6.07) is 8.18. The Labute approximate surface area is 240 Å². The van der Waals surface area contributed by atoms with Gasteiger partial charge in [0.15, 0.2) is 5.78 Å². The molecule has 9 nitrogen and oxygen atoms in total. The number of rotatable bonds is 7. The van der Waals surface area contributed by atoms with Crippen molar-refractivity contribution in [1.29, 1.82) is 0 Å². The summed E-state index contributed by atoms with van der Waals surface area (Å²) in [5.41, 5.74) is 7.38. The molecule has 2 aliphatic rings. The molecule has 2 aromatic carbocycles. The van der Waals surface area contributed by atoms with Crippen molar-refractivity contribution in [2.24, 2.45) is 5.73 Å². The predicted octanol–water partition coefficient (Wildman–Crippen LogP) is 3.07. The number of likely N-dealkylation sites (tertiary alicyclic amines) is 2. The molecule has 3 amide bonds. The van der Waals surface area contributed by atoms with E-state index in [4.69, 9.17) is 17.3 Å². The first-order chi connectivity index (χ1) is 19.5. The largest absolute Gasteiger partial charge is 0.350 e. The molecule has 2 aliphatic heterocycles. The molecule has 216 valence electrons. The lowest BCUT2D eigenvalue weighted by Gasteiger charge is -2.24. The van der Waals surface area contributed by atoms with Gasteiger partial charge in [-0.1, -0.05) is 29.8 Å². The second-order valence-electron chi connectivity index (χ2n) is 10.6. The molecule has 12 heteroatoms. The molecule has 3 N–H and O–H groups in total. The molecule has 2 fully saturated rings. The van der Waals surface area contributed by atoms with Gasteiger partial charge in [0.1, 0.15) is 24.6 Å². The number of Topliss-reactive ketones (excluding diaryl/α,β-unsaturated/α-hetero) is 1. The molecule has 3 aromatic rings. The maximum absolute atomic E-state index is 14.5. The van der Waals surface area contributed by atoms with Crippen LogP contribution in [0.2, 0.25) is 5.02 Å². The Morgan fingerprint density at radius 1 is 1.15 bits per heavy atom. The summed E-state index contributed by atoms with van der Waals surface area (Å²) in [6.07, 6.45) is 0.631. The third kappa shape index (κ3) is 5.82. The van der Waals surface area contributed by atoms with Gasteiger partial charge in [0.25, 0.3) is 5.91 Å². The van der Waals surface area contributed by atoms with Crippen LogP contribution in [0.1, 0.15) is 46.0 Å². The number of ketones is 1. The van der Waals surface area contributed by atoms with Crippen molar-refractivity contribution < 1.29 is 28.0 Å². The number of aromatic nitrogens is 1. The summed E-state index contributed by atoms with van der Waals surface area (Å²) >= 11 is 5.81. The van der Waals surface area contributed by atoms with E-state index in [9.17, 15) is 28.0 Å². The number of fused-ring (bicyclic) bond motifs is 1. The number of hydrogen-bond donors (Lipinski definition) is 2. The van der Waals surface area contributed by atoms with E-state index in [-0.39, 0.29) is 54.4 Å². The lowest BCUT2D eigenvalue weighted by molar-refractivity contribution is -0.139. The molecule has 3 heterocycles. The number of nitrogens with zero attached hydrogens (tertiary/aromatic N) is 3. The zero-order valence-electron chi connectivity index (χ0n) is 22.4. The van der Waals surface area contributed by atoms with Gasteiger partial charge >= 0.3 is 0 Å². The van der Waals surface area contributed by atoms with Crippen molar-refractivity contribution in [1.82, 2.24) is 19.7 Å². The molecular formula is C29H30ClF2N5O4. The summed E-state index contributed by atoms with van der Waals surface area (Å²) in [5.74, 6) is -2.23. The van der Waals surface area contributed by atoms with Crippen molar-refractivity contribution in [2.45, 2.75) is 51.1 Å². The third-order valence-corrected chi connectivity index (χ3v) is 7.98. The van der Waals surface area contributed by atoms with Crippen LogP contribution in [0.25, 0.3) is 10.9 Å². The fraction of sp³-hybridized carbons (Fsp3) is 0.379. The molecule has 1 aromatic heterocycles. The molecule has 0 spiro atoms. The Hall–Kier alpha value is -3.83. The number of nitrogens with two attached hydrogens (primary N) is 1. The van der Waals surface area contributed by atoms with E-state index < -0.39 is 29.8 Å². The first-order valence-corrected chi connectivity index (χ1v) is 13.7. The Morgan fingerprint density at radius 2 is 1.93 bits per heavy atom. The van der Waals surface area contributed by atoms with Gasteiger partial charge < -0.3 is 25.4 Å². The molecule has 3 atom stereocenters. The third-order valence-electron chi connectivity index (χ3n) is 7.68. The smallest absolute Gasteiger partial charge is 0.253 e. The molecule has 0 bridgehead atoms. The highest BCUT2D eigenvalue weighted by molar-refractivity contribution is 6.30. The second kappa shape index (κ2) is 11.6. The number of carbonyl (C=O) groups excluding carboxylic acids is 4. The summed E-state index contributed by atoms with van der Waals surface area (Å²) < 4.78 is 30.3. The minimum Gasteiger partial charge on any atom is -0.350 e. The number of nitrogens with one attached hydrogen (secondary N) is 1.